The van der Waals surface area contributed by atoms with Crippen molar-refractivity contribution in [3.63, 3.8) is 0 Å². The maximum atomic E-state index is 2.34. The van der Waals surface area contributed by atoms with Crippen LogP contribution >= 0.6 is 0 Å². The van der Waals surface area contributed by atoms with E-state index < -0.39 is 0 Å². The van der Waals surface area contributed by atoms with Gasteiger partial charge < -0.3 is 9.80 Å². The molecule has 0 unspecified atom stereocenters. The lowest BCUT2D eigenvalue weighted by atomic mass is 10.1. The first-order valence-electron chi connectivity index (χ1n) is 16.8. The van der Waals surface area contributed by atoms with Crippen LogP contribution in [0.3, 0.4) is 0 Å². The van der Waals surface area contributed by atoms with Crippen LogP contribution in [-0.2, 0) is 0 Å². The van der Waals surface area contributed by atoms with Gasteiger partial charge >= 0.3 is 0 Å². The number of para-hydroxylation sites is 1. The summed E-state index contributed by atoms with van der Waals surface area (Å²) in [5.41, 5.74) is 10.3. The molecule has 0 spiro atoms. The minimum absolute atomic E-state index is 1.11. The fraction of sp³-hybridized carbons (Fsp3) is 0.0213. The quantitative estimate of drug-likeness (QED) is 0.155. The predicted octanol–water partition coefficient (Wildman–Crippen LogP) is 13.4. The van der Waals surface area contributed by atoms with Gasteiger partial charge in [0.05, 0.1) is 0 Å². The Kier molecular flexibility index (Phi) is 8.19. The fourth-order valence-electron chi connectivity index (χ4n) is 6.46. The van der Waals surface area contributed by atoms with Gasteiger partial charge in [-0.1, -0.05) is 133 Å². The number of aryl methyl sites for hydroxylation is 1. The third-order valence-electron chi connectivity index (χ3n) is 9.06. The largest absolute Gasteiger partial charge is 0.311 e. The number of benzene rings is 8. The van der Waals surface area contributed by atoms with E-state index in [0.29, 0.717) is 0 Å². The van der Waals surface area contributed by atoms with Crippen molar-refractivity contribution in [2.24, 2.45) is 0 Å². The van der Waals surface area contributed by atoms with Gasteiger partial charge in [0.1, 0.15) is 0 Å². The average molecular weight is 629 g/mol. The number of fused-ring (bicyclic) bond motifs is 2. The Hall–Kier alpha value is -6.38. The highest BCUT2D eigenvalue weighted by molar-refractivity contribution is 5.92. The van der Waals surface area contributed by atoms with Crippen LogP contribution in [0.15, 0.2) is 188 Å². The summed E-state index contributed by atoms with van der Waals surface area (Å²) in [6, 6.07) is 67.3. The van der Waals surface area contributed by atoms with Gasteiger partial charge in [-0.25, -0.2) is 0 Å². The molecule has 0 aliphatic carbocycles. The van der Waals surface area contributed by atoms with E-state index in [1.54, 1.807) is 0 Å². The lowest BCUT2D eigenvalue weighted by Gasteiger charge is -2.26. The molecular formula is C47H36N2. The average Bonchev–Trinajstić information content (AvgIpc) is 3.16. The van der Waals surface area contributed by atoms with Crippen molar-refractivity contribution in [1.82, 2.24) is 0 Å². The molecule has 0 radical (unpaired) electrons. The van der Waals surface area contributed by atoms with E-state index in [9.17, 15) is 0 Å². The summed E-state index contributed by atoms with van der Waals surface area (Å²) in [5.74, 6) is 0. The van der Waals surface area contributed by atoms with E-state index in [2.05, 4.69) is 217 Å². The molecule has 0 aliphatic rings. The Labute approximate surface area is 288 Å². The molecule has 0 aromatic heterocycles. The number of nitrogens with zero attached hydrogens (tertiary/aromatic N) is 2. The fourth-order valence-corrected chi connectivity index (χ4v) is 6.46. The SMILES string of the molecule is Cc1ccc(N(c2ccccc2)c2ccc(/C=C/c3ccc(N(c4ccc5ccccc5c4)c4ccc5ccccc5c4)cc3)cc2)cc1. The molecule has 0 saturated carbocycles. The van der Waals surface area contributed by atoms with Gasteiger partial charge in [0.25, 0.3) is 0 Å². The highest BCUT2D eigenvalue weighted by Crippen LogP contribution is 2.38. The molecule has 8 aromatic carbocycles. The van der Waals surface area contributed by atoms with Gasteiger partial charge in [-0.05, 0) is 112 Å². The second-order valence-electron chi connectivity index (χ2n) is 12.4. The highest BCUT2D eigenvalue weighted by atomic mass is 15.1. The van der Waals surface area contributed by atoms with Gasteiger partial charge in [0, 0.05) is 34.1 Å². The van der Waals surface area contributed by atoms with E-state index in [1.165, 1.54) is 27.1 Å². The van der Waals surface area contributed by atoms with E-state index in [1.807, 2.05) is 0 Å². The second-order valence-corrected chi connectivity index (χ2v) is 12.4. The topological polar surface area (TPSA) is 6.48 Å². The molecule has 0 fully saturated rings. The first-order valence-corrected chi connectivity index (χ1v) is 16.8. The van der Waals surface area contributed by atoms with Crippen LogP contribution in [0.1, 0.15) is 16.7 Å². The second kappa shape index (κ2) is 13.4. The van der Waals surface area contributed by atoms with Crippen LogP contribution < -0.4 is 9.80 Å². The predicted molar refractivity (Wildman–Crippen MR) is 211 cm³/mol. The van der Waals surface area contributed by atoms with Crippen LogP contribution in [0.5, 0.6) is 0 Å². The molecule has 0 atom stereocenters. The van der Waals surface area contributed by atoms with E-state index in [0.717, 1.165) is 45.3 Å². The molecule has 0 heterocycles. The van der Waals surface area contributed by atoms with Gasteiger partial charge in [-0.15, -0.1) is 0 Å². The van der Waals surface area contributed by atoms with Crippen LogP contribution in [0.2, 0.25) is 0 Å². The zero-order chi connectivity index (χ0) is 33.0. The highest BCUT2D eigenvalue weighted by Gasteiger charge is 2.14. The summed E-state index contributed by atoms with van der Waals surface area (Å²) in [4.78, 5) is 4.64. The first kappa shape index (κ1) is 30.0. The monoisotopic (exact) mass is 628 g/mol. The minimum Gasteiger partial charge on any atom is -0.311 e. The number of anilines is 6. The van der Waals surface area contributed by atoms with Crippen molar-refractivity contribution >= 4 is 67.8 Å². The molecule has 8 rings (SSSR count). The zero-order valence-corrected chi connectivity index (χ0v) is 27.4. The lowest BCUT2D eigenvalue weighted by molar-refractivity contribution is 1.27. The van der Waals surface area contributed by atoms with Gasteiger partial charge in [-0.3, -0.25) is 0 Å². The van der Waals surface area contributed by atoms with Gasteiger partial charge in [-0.2, -0.15) is 0 Å². The Morgan fingerprint density at radius 3 is 1.12 bits per heavy atom. The standard InChI is InChI=1S/C47H36N2/c1-35-15-25-43(26-16-35)48(42-13-3-2-4-14-42)44-27-19-36(20-28-44)17-18-37-21-29-45(30-22-37)49(46-31-23-38-9-5-7-11-40(38)33-46)47-32-24-39-10-6-8-12-41(39)34-47/h2-34H,1H3/b18-17+. The van der Waals surface area contributed by atoms with E-state index in [4.69, 9.17) is 0 Å². The molecule has 2 nitrogen and oxygen atoms in total. The first-order chi connectivity index (χ1) is 24.2. The molecule has 2 heteroatoms. The smallest absolute Gasteiger partial charge is 0.0468 e. The molecular weight excluding hydrogens is 593 g/mol. The molecule has 49 heavy (non-hydrogen) atoms. The molecule has 0 N–H and O–H groups in total. The number of hydrogen-bond donors (Lipinski definition) is 0. The van der Waals surface area contributed by atoms with E-state index >= 15 is 0 Å². The number of hydrogen-bond acceptors (Lipinski definition) is 2. The number of rotatable bonds is 8. The summed E-state index contributed by atoms with van der Waals surface area (Å²) in [6.07, 6.45) is 4.37. The van der Waals surface area contributed by atoms with Crippen molar-refractivity contribution in [3.05, 3.63) is 205 Å². The lowest BCUT2D eigenvalue weighted by Crippen LogP contribution is -2.09. The van der Waals surface area contributed by atoms with Gasteiger partial charge in [0.15, 0.2) is 0 Å². The van der Waals surface area contributed by atoms with Gasteiger partial charge in [0.2, 0.25) is 0 Å². The van der Waals surface area contributed by atoms with Crippen LogP contribution in [0.25, 0.3) is 33.7 Å². The Morgan fingerprint density at radius 2 is 0.653 bits per heavy atom. The third-order valence-corrected chi connectivity index (χ3v) is 9.06. The van der Waals surface area contributed by atoms with Crippen molar-refractivity contribution < 1.29 is 0 Å². The van der Waals surface area contributed by atoms with Crippen molar-refractivity contribution in [2.45, 2.75) is 6.92 Å². The normalized spacial score (nSPS) is 11.3. The maximum Gasteiger partial charge on any atom is 0.0468 e. The molecule has 0 aliphatic heterocycles. The molecule has 0 amide bonds. The van der Waals surface area contributed by atoms with Crippen molar-refractivity contribution in [3.8, 4) is 0 Å². The summed E-state index contributed by atoms with van der Waals surface area (Å²) in [7, 11) is 0. The van der Waals surface area contributed by atoms with E-state index in [-0.39, 0.29) is 0 Å². The van der Waals surface area contributed by atoms with Crippen molar-refractivity contribution in [2.75, 3.05) is 9.80 Å². The third kappa shape index (κ3) is 6.45. The molecule has 8 aromatic rings. The Morgan fingerprint density at radius 1 is 0.306 bits per heavy atom. The molecule has 234 valence electrons. The van der Waals surface area contributed by atoms with Crippen LogP contribution in [0.4, 0.5) is 34.1 Å². The Bertz CT molecular complexity index is 2290. The summed E-state index contributed by atoms with van der Waals surface area (Å²) >= 11 is 0. The molecule has 0 bridgehead atoms. The summed E-state index contributed by atoms with van der Waals surface area (Å²) in [5, 5.41) is 4.92. The van der Waals surface area contributed by atoms with Crippen LogP contribution in [0, 0.1) is 6.92 Å². The summed E-state index contributed by atoms with van der Waals surface area (Å²) in [6.45, 7) is 2.12. The van der Waals surface area contributed by atoms with Crippen LogP contribution in [-0.4, -0.2) is 0 Å². The minimum atomic E-state index is 1.11. The molecule has 0 saturated heterocycles. The maximum absolute atomic E-state index is 2.34. The van der Waals surface area contributed by atoms with Crippen molar-refractivity contribution in [1.29, 1.82) is 0 Å². The Balaban J connectivity index is 1.08. The summed E-state index contributed by atoms with van der Waals surface area (Å²) < 4.78 is 0. The zero-order valence-electron chi connectivity index (χ0n) is 27.4.